The highest BCUT2D eigenvalue weighted by atomic mass is 16.5. The molecule has 1 aliphatic rings. The number of esters is 1. The number of rotatable bonds is 7. The second-order valence-corrected chi connectivity index (χ2v) is 7.21. The van der Waals surface area contributed by atoms with Crippen molar-refractivity contribution in [1.82, 2.24) is 19.4 Å². The molecule has 1 aromatic rings. The number of carbonyl (C=O) groups is 2. The fraction of sp³-hybridized carbons (Fsp3) is 0.737. The average Bonchev–Trinajstić information content (AvgIpc) is 3.00. The number of hydrogen-bond acceptors (Lipinski definition) is 6. The summed E-state index contributed by atoms with van der Waals surface area (Å²) in [5.41, 5.74) is 0. The molecule has 2 heterocycles. The molecule has 0 aromatic carbocycles. The zero-order valence-electron chi connectivity index (χ0n) is 16.9. The molecule has 0 radical (unpaired) electrons. The van der Waals surface area contributed by atoms with Gasteiger partial charge in [-0.1, -0.05) is 0 Å². The zero-order chi connectivity index (χ0) is 19.5. The smallest absolute Gasteiger partial charge is 0.326 e. The summed E-state index contributed by atoms with van der Waals surface area (Å²) < 4.78 is 6.73. The van der Waals surface area contributed by atoms with Crippen molar-refractivity contribution in [2.45, 2.75) is 58.2 Å². The highest BCUT2D eigenvalue weighted by Crippen LogP contribution is 2.11. The molecular formula is C19H34N4O3. The number of piperidine rings is 1. The Kier molecular flexibility index (Phi) is 10.1. The lowest BCUT2D eigenvalue weighted by Gasteiger charge is -2.32. The Hall–Kier alpha value is -1.73. The van der Waals surface area contributed by atoms with E-state index in [0.29, 0.717) is 12.8 Å². The second-order valence-electron chi connectivity index (χ2n) is 7.21. The number of carbonyl (C=O) groups excluding carboxylic acids is 2. The molecule has 26 heavy (non-hydrogen) atoms. The number of nitrogens with zero attached hydrogens (tertiary/aromatic N) is 4. The van der Waals surface area contributed by atoms with Crippen LogP contribution in [0.3, 0.4) is 0 Å². The minimum Gasteiger partial charge on any atom is -0.462 e. The standard InChI is InChI=1S/C11H16N2O3.C8H18N2/c1-9(2)16-11(15)8-13-6-5-12-10(13)4-3-7-14;1-9(2)8-4-6-10(3)7-5-8/h5-7,9H,3-4,8H2,1-2H3;8H,4-7H2,1-3H3. The molecule has 0 unspecified atom stereocenters. The molecule has 7 heteroatoms. The van der Waals surface area contributed by atoms with Gasteiger partial charge in [0, 0.05) is 31.3 Å². The number of aldehydes is 1. The lowest BCUT2D eigenvalue weighted by atomic mass is 10.1. The van der Waals surface area contributed by atoms with Crippen molar-refractivity contribution in [2.75, 3.05) is 34.2 Å². The first-order valence-corrected chi connectivity index (χ1v) is 9.31. The van der Waals surface area contributed by atoms with Crippen LogP contribution in [0.15, 0.2) is 12.4 Å². The van der Waals surface area contributed by atoms with Gasteiger partial charge in [-0.25, -0.2) is 4.98 Å². The van der Waals surface area contributed by atoms with Crippen LogP contribution >= 0.6 is 0 Å². The minimum absolute atomic E-state index is 0.116. The van der Waals surface area contributed by atoms with Crippen molar-refractivity contribution < 1.29 is 14.3 Å². The van der Waals surface area contributed by atoms with Crippen molar-refractivity contribution in [3.63, 3.8) is 0 Å². The predicted octanol–water partition coefficient (Wildman–Crippen LogP) is 1.61. The summed E-state index contributed by atoms with van der Waals surface area (Å²) in [4.78, 5) is 30.5. The van der Waals surface area contributed by atoms with E-state index in [1.54, 1.807) is 30.8 Å². The van der Waals surface area contributed by atoms with E-state index in [2.05, 4.69) is 35.9 Å². The van der Waals surface area contributed by atoms with Crippen LogP contribution in [0.2, 0.25) is 0 Å². The third-order valence-electron chi connectivity index (χ3n) is 4.37. The number of imidazole rings is 1. The summed E-state index contributed by atoms with van der Waals surface area (Å²) in [6.07, 6.45) is 7.68. The van der Waals surface area contributed by atoms with Crippen LogP contribution in [-0.2, 0) is 27.3 Å². The summed E-state index contributed by atoms with van der Waals surface area (Å²) in [6.45, 7) is 6.29. The first-order valence-electron chi connectivity index (χ1n) is 9.31. The number of likely N-dealkylation sites (tertiary alicyclic amines) is 1. The van der Waals surface area contributed by atoms with E-state index in [4.69, 9.17) is 4.74 Å². The van der Waals surface area contributed by atoms with E-state index >= 15 is 0 Å². The van der Waals surface area contributed by atoms with E-state index in [-0.39, 0.29) is 18.6 Å². The molecule has 0 saturated carbocycles. The molecule has 7 nitrogen and oxygen atoms in total. The van der Waals surface area contributed by atoms with Crippen LogP contribution in [0.5, 0.6) is 0 Å². The molecule has 1 aromatic heterocycles. The summed E-state index contributed by atoms with van der Waals surface area (Å²) in [7, 11) is 6.55. The van der Waals surface area contributed by atoms with E-state index in [9.17, 15) is 9.59 Å². The molecule has 0 aliphatic carbocycles. The molecule has 1 aliphatic heterocycles. The predicted molar refractivity (Wildman–Crippen MR) is 102 cm³/mol. The molecule has 0 spiro atoms. The van der Waals surface area contributed by atoms with Gasteiger partial charge in [0.15, 0.2) is 0 Å². The summed E-state index contributed by atoms with van der Waals surface area (Å²) in [5.74, 6) is 0.438. The number of ether oxygens (including phenoxy) is 1. The molecule has 1 fully saturated rings. The van der Waals surface area contributed by atoms with Crippen molar-refractivity contribution in [3.05, 3.63) is 18.2 Å². The third-order valence-corrected chi connectivity index (χ3v) is 4.37. The SMILES string of the molecule is CC(C)OC(=O)Cn1ccnc1CCC=O.CN1CCC(N(C)C)CC1. The number of aryl methyl sites for hydroxylation is 1. The highest BCUT2D eigenvalue weighted by molar-refractivity contribution is 5.69. The van der Waals surface area contributed by atoms with Crippen LogP contribution in [0.4, 0.5) is 0 Å². The first-order chi connectivity index (χ1) is 12.3. The van der Waals surface area contributed by atoms with Gasteiger partial charge in [-0.15, -0.1) is 0 Å². The fourth-order valence-electron chi connectivity index (χ4n) is 2.85. The maximum atomic E-state index is 11.4. The third kappa shape index (κ3) is 8.58. The highest BCUT2D eigenvalue weighted by Gasteiger charge is 2.17. The lowest BCUT2D eigenvalue weighted by molar-refractivity contribution is -0.148. The van der Waals surface area contributed by atoms with Gasteiger partial charge in [0.2, 0.25) is 0 Å². The summed E-state index contributed by atoms with van der Waals surface area (Å²) in [5, 5.41) is 0. The van der Waals surface area contributed by atoms with Crippen LogP contribution in [0.25, 0.3) is 0 Å². The summed E-state index contributed by atoms with van der Waals surface area (Å²) in [6, 6.07) is 0.830. The summed E-state index contributed by atoms with van der Waals surface area (Å²) >= 11 is 0. The van der Waals surface area contributed by atoms with Gasteiger partial charge in [0.1, 0.15) is 18.7 Å². The van der Waals surface area contributed by atoms with Crippen LogP contribution < -0.4 is 0 Å². The Morgan fingerprint density at radius 3 is 2.58 bits per heavy atom. The molecule has 0 amide bonds. The Morgan fingerprint density at radius 2 is 2.04 bits per heavy atom. The minimum atomic E-state index is -0.291. The monoisotopic (exact) mass is 366 g/mol. The van der Waals surface area contributed by atoms with Crippen molar-refractivity contribution >= 4 is 12.3 Å². The lowest BCUT2D eigenvalue weighted by Crippen LogP contribution is -2.40. The maximum absolute atomic E-state index is 11.4. The van der Waals surface area contributed by atoms with Crippen LogP contribution in [0.1, 0.15) is 38.9 Å². The molecular weight excluding hydrogens is 332 g/mol. The maximum Gasteiger partial charge on any atom is 0.326 e. The van der Waals surface area contributed by atoms with Crippen LogP contribution in [-0.4, -0.2) is 78.0 Å². The van der Waals surface area contributed by atoms with E-state index in [0.717, 1.165) is 18.2 Å². The van der Waals surface area contributed by atoms with Crippen molar-refractivity contribution in [2.24, 2.45) is 0 Å². The molecule has 148 valence electrons. The normalized spacial score (nSPS) is 15.7. The Morgan fingerprint density at radius 1 is 1.38 bits per heavy atom. The van der Waals surface area contributed by atoms with Gasteiger partial charge in [-0.2, -0.15) is 0 Å². The largest absolute Gasteiger partial charge is 0.462 e. The van der Waals surface area contributed by atoms with Gasteiger partial charge in [0.25, 0.3) is 0 Å². The Labute approximate surface area is 157 Å². The number of aromatic nitrogens is 2. The Balaban J connectivity index is 0.000000289. The van der Waals surface area contributed by atoms with E-state index < -0.39 is 0 Å². The average molecular weight is 367 g/mol. The zero-order valence-corrected chi connectivity index (χ0v) is 16.9. The Bertz CT molecular complexity index is 535. The van der Waals surface area contributed by atoms with Gasteiger partial charge in [-0.05, 0) is 60.9 Å². The van der Waals surface area contributed by atoms with E-state index in [1.165, 1.54) is 25.9 Å². The quantitative estimate of drug-likeness (QED) is 0.539. The van der Waals surface area contributed by atoms with Crippen molar-refractivity contribution in [3.8, 4) is 0 Å². The molecule has 1 saturated heterocycles. The fourth-order valence-corrected chi connectivity index (χ4v) is 2.85. The molecule has 0 bridgehead atoms. The van der Waals surface area contributed by atoms with Gasteiger partial charge in [0.05, 0.1) is 6.10 Å². The topological polar surface area (TPSA) is 67.7 Å². The van der Waals surface area contributed by atoms with Crippen LogP contribution in [0, 0.1) is 0 Å². The molecule has 0 N–H and O–H groups in total. The second kappa shape index (κ2) is 11.8. The molecule has 2 rings (SSSR count). The molecule has 0 atom stereocenters. The van der Waals surface area contributed by atoms with E-state index in [1.807, 2.05) is 0 Å². The first kappa shape index (κ1) is 22.3. The van der Waals surface area contributed by atoms with Gasteiger partial charge >= 0.3 is 5.97 Å². The van der Waals surface area contributed by atoms with Crippen molar-refractivity contribution in [1.29, 1.82) is 0 Å². The van der Waals surface area contributed by atoms with Gasteiger partial charge in [-0.3, -0.25) is 4.79 Å². The van der Waals surface area contributed by atoms with Gasteiger partial charge < -0.3 is 23.9 Å². The number of hydrogen-bond donors (Lipinski definition) is 0.